The maximum atomic E-state index is 12.5. The van der Waals surface area contributed by atoms with Gasteiger partial charge in [0, 0.05) is 11.6 Å². The van der Waals surface area contributed by atoms with Crippen LogP contribution in [0.4, 0.5) is 8.78 Å². The number of hydrogen-bond donors (Lipinski definition) is 2. The maximum absolute atomic E-state index is 12.5. The molecule has 2 N–H and O–H groups in total. The third-order valence-corrected chi connectivity index (χ3v) is 2.89. The first-order valence-corrected chi connectivity index (χ1v) is 6.95. The zero-order chi connectivity index (χ0) is 18.2. The van der Waals surface area contributed by atoms with Gasteiger partial charge in [0.2, 0.25) is 0 Å². The van der Waals surface area contributed by atoms with E-state index in [9.17, 15) is 18.4 Å². The fourth-order valence-corrected chi connectivity index (χ4v) is 1.83. The Bertz CT molecular complexity index is 760. The molecule has 0 saturated carbocycles. The molecule has 0 spiro atoms. The number of nitrogens with one attached hydrogen (secondary N) is 2. The second-order valence-corrected chi connectivity index (χ2v) is 4.51. The number of alkyl halides is 2. The molecule has 0 aliphatic heterocycles. The number of halogens is 2. The molecule has 1 heterocycles. The van der Waals surface area contributed by atoms with Gasteiger partial charge in [-0.3, -0.25) is 20.4 Å². The van der Waals surface area contributed by atoms with Gasteiger partial charge in [-0.1, -0.05) is 12.1 Å². The highest BCUT2D eigenvalue weighted by atomic mass is 19.3. The van der Waals surface area contributed by atoms with Crippen molar-refractivity contribution >= 4 is 17.9 Å². The van der Waals surface area contributed by atoms with E-state index in [4.69, 9.17) is 9.15 Å². The van der Waals surface area contributed by atoms with Crippen LogP contribution in [0.5, 0.6) is 11.5 Å². The lowest BCUT2D eigenvalue weighted by atomic mass is 10.1. The molecule has 1 aromatic carbocycles. The molecule has 9 heteroatoms. The number of para-hydroxylation sites is 1. The summed E-state index contributed by atoms with van der Waals surface area (Å²) in [6, 6.07) is 7.39. The lowest BCUT2D eigenvalue weighted by molar-refractivity contribution is -0.117. The van der Waals surface area contributed by atoms with Gasteiger partial charge in [-0.15, -0.1) is 0 Å². The first-order valence-electron chi connectivity index (χ1n) is 6.95. The van der Waals surface area contributed by atoms with Crippen LogP contribution in [-0.4, -0.2) is 25.5 Å². The maximum Gasteiger partial charge on any atom is 0.387 e. The Morgan fingerprint density at radius 3 is 2.64 bits per heavy atom. The summed E-state index contributed by atoms with van der Waals surface area (Å²) in [5.74, 6) is -1.43. The molecule has 2 amide bonds. The van der Waals surface area contributed by atoms with Crippen LogP contribution in [0, 0.1) is 0 Å². The van der Waals surface area contributed by atoms with Crippen molar-refractivity contribution in [2.24, 2.45) is 0 Å². The largest absolute Gasteiger partial charge is 0.493 e. The number of rotatable bonds is 6. The number of carbonyl (C=O) groups excluding carboxylic acids is 2. The van der Waals surface area contributed by atoms with Crippen LogP contribution in [-0.2, 0) is 4.79 Å². The normalized spacial score (nSPS) is 10.7. The molecule has 0 aliphatic rings. The second kappa shape index (κ2) is 8.48. The van der Waals surface area contributed by atoms with Gasteiger partial charge in [0.05, 0.1) is 13.4 Å². The van der Waals surface area contributed by atoms with Crippen molar-refractivity contribution in [2.45, 2.75) is 6.61 Å². The van der Waals surface area contributed by atoms with Gasteiger partial charge in [-0.25, -0.2) is 0 Å². The highest BCUT2D eigenvalue weighted by molar-refractivity contribution is 5.96. The molecule has 0 unspecified atom stereocenters. The van der Waals surface area contributed by atoms with Crippen molar-refractivity contribution in [3.63, 3.8) is 0 Å². The molecule has 7 nitrogen and oxygen atoms in total. The van der Waals surface area contributed by atoms with Crippen molar-refractivity contribution < 1.29 is 32.3 Å². The Kier molecular flexibility index (Phi) is 6.10. The lowest BCUT2D eigenvalue weighted by Gasteiger charge is -2.12. The highest BCUT2D eigenvalue weighted by Crippen LogP contribution is 2.33. The zero-order valence-corrected chi connectivity index (χ0v) is 13.0. The third kappa shape index (κ3) is 5.06. The number of benzene rings is 1. The Balaban J connectivity index is 2.03. The van der Waals surface area contributed by atoms with Crippen molar-refractivity contribution in [2.75, 3.05) is 7.11 Å². The summed E-state index contributed by atoms with van der Waals surface area (Å²) in [5, 5.41) is 0. The molecule has 2 aromatic rings. The van der Waals surface area contributed by atoms with E-state index in [2.05, 4.69) is 15.6 Å². The molecular weight excluding hydrogens is 338 g/mol. The molecule has 1 aromatic heterocycles. The number of methoxy groups -OCH3 is 1. The van der Waals surface area contributed by atoms with Crippen molar-refractivity contribution in [3.05, 3.63) is 54.0 Å². The van der Waals surface area contributed by atoms with Crippen molar-refractivity contribution in [1.29, 1.82) is 0 Å². The smallest absolute Gasteiger partial charge is 0.387 e. The van der Waals surface area contributed by atoms with Gasteiger partial charge in [-0.2, -0.15) is 8.78 Å². The molecule has 0 fully saturated rings. The number of furan rings is 1. The molecule has 25 heavy (non-hydrogen) atoms. The Hall–Kier alpha value is -3.36. The number of carbonyl (C=O) groups is 2. The number of ether oxygens (including phenoxy) is 2. The summed E-state index contributed by atoms with van der Waals surface area (Å²) in [7, 11) is 1.30. The number of hydrazine groups is 1. The van der Waals surface area contributed by atoms with Crippen LogP contribution in [0.1, 0.15) is 16.1 Å². The van der Waals surface area contributed by atoms with Gasteiger partial charge in [0.15, 0.2) is 17.3 Å². The van der Waals surface area contributed by atoms with E-state index < -0.39 is 18.4 Å². The Morgan fingerprint density at radius 1 is 1.20 bits per heavy atom. The molecular formula is C16H14F2N2O5. The standard InChI is InChI=1S/C16H14F2N2O5/c1-23-11-5-2-4-10(14(11)25-16(17)18)7-8-13(21)19-20-15(22)12-6-3-9-24-12/h2-9,16H,1H3,(H,19,21)(H,20,22)/b8-7+. The summed E-state index contributed by atoms with van der Waals surface area (Å²) in [6.45, 7) is -3.05. The summed E-state index contributed by atoms with van der Waals surface area (Å²) in [4.78, 5) is 23.3. The predicted octanol–water partition coefficient (Wildman–Crippen LogP) is 2.36. The van der Waals surface area contributed by atoms with E-state index in [0.717, 1.165) is 6.08 Å². The average Bonchev–Trinajstić information content (AvgIpc) is 3.12. The lowest BCUT2D eigenvalue weighted by Crippen LogP contribution is -2.40. The second-order valence-electron chi connectivity index (χ2n) is 4.51. The SMILES string of the molecule is COc1cccc(/C=C/C(=O)NNC(=O)c2ccco2)c1OC(F)F. The minimum Gasteiger partial charge on any atom is -0.493 e. The summed E-state index contributed by atoms with van der Waals surface area (Å²) < 4.78 is 39.3. The average molecular weight is 352 g/mol. The highest BCUT2D eigenvalue weighted by Gasteiger charge is 2.14. The third-order valence-electron chi connectivity index (χ3n) is 2.89. The van der Waals surface area contributed by atoms with Gasteiger partial charge < -0.3 is 13.9 Å². The van der Waals surface area contributed by atoms with Crippen LogP contribution in [0.3, 0.4) is 0 Å². The van der Waals surface area contributed by atoms with E-state index >= 15 is 0 Å². The predicted molar refractivity (Wildman–Crippen MR) is 83.0 cm³/mol. The van der Waals surface area contributed by atoms with E-state index in [1.54, 1.807) is 6.07 Å². The first-order chi connectivity index (χ1) is 12.0. The topological polar surface area (TPSA) is 89.8 Å². The number of amides is 2. The first kappa shape index (κ1) is 18.0. The van der Waals surface area contributed by atoms with E-state index in [1.165, 1.54) is 43.7 Å². The van der Waals surface area contributed by atoms with Crippen LogP contribution >= 0.6 is 0 Å². The zero-order valence-electron chi connectivity index (χ0n) is 13.0. The molecule has 0 bridgehead atoms. The molecule has 2 rings (SSSR count). The van der Waals surface area contributed by atoms with Crippen LogP contribution in [0.2, 0.25) is 0 Å². The molecule has 0 radical (unpaired) electrons. The molecule has 132 valence electrons. The van der Waals surface area contributed by atoms with E-state index in [-0.39, 0.29) is 22.8 Å². The van der Waals surface area contributed by atoms with E-state index in [0.29, 0.717) is 0 Å². The summed E-state index contributed by atoms with van der Waals surface area (Å²) in [5.41, 5.74) is 4.46. The van der Waals surface area contributed by atoms with Crippen molar-refractivity contribution in [1.82, 2.24) is 10.9 Å². The quantitative estimate of drug-likeness (QED) is 0.615. The molecule has 0 saturated heterocycles. The summed E-state index contributed by atoms with van der Waals surface area (Å²) >= 11 is 0. The van der Waals surface area contributed by atoms with Gasteiger partial charge >= 0.3 is 12.5 Å². The Labute approximate surface area is 141 Å². The van der Waals surface area contributed by atoms with Crippen LogP contribution in [0.25, 0.3) is 6.08 Å². The van der Waals surface area contributed by atoms with Gasteiger partial charge in [-0.05, 0) is 24.3 Å². The van der Waals surface area contributed by atoms with Crippen LogP contribution in [0.15, 0.2) is 47.1 Å². The fourth-order valence-electron chi connectivity index (χ4n) is 1.83. The van der Waals surface area contributed by atoms with Gasteiger partial charge in [0.1, 0.15) is 0 Å². The number of hydrogen-bond acceptors (Lipinski definition) is 5. The minimum absolute atomic E-state index is 0.0182. The van der Waals surface area contributed by atoms with E-state index in [1.807, 2.05) is 0 Å². The molecule has 0 atom stereocenters. The monoisotopic (exact) mass is 352 g/mol. The minimum atomic E-state index is -3.05. The Morgan fingerprint density at radius 2 is 2.00 bits per heavy atom. The van der Waals surface area contributed by atoms with Crippen LogP contribution < -0.4 is 20.3 Å². The fraction of sp³-hybridized carbons (Fsp3) is 0.125. The van der Waals surface area contributed by atoms with Gasteiger partial charge in [0.25, 0.3) is 5.91 Å². The van der Waals surface area contributed by atoms with Crippen molar-refractivity contribution in [3.8, 4) is 11.5 Å². The summed E-state index contributed by atoms with van der Waals surface area (Å²) in [6.07, 6.45) is 3.59. The molecule has 0 aliphatic carbocycles.